The first kappa shape index (κ1) is 22.3. The number of aliphatic imine (C=N–C) groups is 2. The number of hydrogen-bond acceptors (Lipinski definition) is 11. The number of aliphatic hydroxyl groups is 2. The number of nitrogens with two attached hydrogens (primary N) is 2. The van der Waals surface area contributed by atoms with Crippen LogP contribution in [0.3, 0.4) is 0 Å². The van der Waals surface area contributed by atoms with Crippen molar-refractivity contribution in [3.63, 3.8) is 0 Å². The van der Waals surface area contributed by atoms with Crippen LogP contribution in [0.25, 0.3) is 0 Å². The van der Waals surface area contributed by atoms with E-state index in [9.17, 15) is 19.8 Å². The minimum Gasteiger partial charge on any atom is -0.451 e. The zero-order valence-corrected chi connectivity index (χ0v) is 19.1. The van der Waals surface area contributed by atoms with Gasteiger partial charge in [-0.15, -0.1) is 0 Å². The van der Waals surface area contributed by atoms with E-state index < -0.39 is 35.6 Å². The second kappa shape index (κ2) is 7.67. The van der Waals surface area contributed by atoms with Crippen molar-refractivity contribution in [2.24, 2.45) is 21.5 Å². The maximum absolute atomic E-state index is 13.0. The van der Waals surface area contributed by atoms with Crippen molar-refractivity contribution in [2.45, 2.75) is 36.2 Å². The Bertz CT molecular complexity index is 1310. The third-order valence-electron chi connectivity index (χ3n) is 7.31. The molecule has 1 amide bonds. The fraction of sp³-hybridized carbons (Fsp3) is 0.333. The summed E-state index contributed by atoms with van der Waals surface area (Å²) in [5.41, 5.74) is 12.3. The number of guanidine groups is 2. The number of carbonyl (C=O) groups excluding carboxylic acids is 2. The van der Waals surface area contributed by atoms with Crippen molar-refractivity contribution in [3.05, 3.63) is 71.3 Å². The minimum absolute atomic E-state index is 0.0106. The summed E-state index contributed by atoms with van der Waals surface area (Å²) in [5.74, 6) is -3.58. The highest BCUT2D eigenvalue weighted by Gasteiger charge is 2.74. The van der Waals surface area contributed by atoms with Crippen molar-refractivity contribution < 1.29 is 24.5 Å². The number of esters is 1. The van der Waals surface area contributed by atoms with Gasteiger partial charge in [0.25, 0.3) is 5.91 Å². The molecule has 0 bridgehead atoms. The van der Waals surface area contributed by atoms with E-state index in [1.807, 2.05) is 12.1 Å². The number of ether oxygens (including phenoxy) is 1. The van der Waals surface area contributed by atoms with Crippen LogP contribution in [0.2, 0.25) is 0 Å². The highest BCUT2D eigenvalue weighted by atomic mass is 16.6. The Morgan fingerprint density at radius 3 is 2.58 bits per heavy atom. The van der Waals surface area contributed by atoms with Crippen LogP contribution in [0.4, 0.5) is 0 Å². The average molecular weight is 492 g/mol. The Hall–Kier alpha value is -4.16. The first-order valence-corrected chi connectivity index (χ1v) is 11.5. The molecule has 0 saturated carbocycles. The predicted octanol–water partition coefficient (Wildman–Crippen LogP) is -1.46. The molecular weight excluding hydrogens is 466 g/mol. The summed E-state index contributed by atoms with van der Waals surface area (Å²) < 4.78 is 5.53. The fourth-order valence-electron chi connectivity index (χ4n) is 5.63. The van der Waals surface area contributed by atoms with Crippen LogP contribution < -0.4 is 16.8 Å². The van der Waals surface area contributed by atoms with Crippen LogP contribution in [0, 0.1) is 0 Å². The van der Waals surface area contributed by atoms with Crippen LogP contribution in [-0.4, -0.2) is 86.5 Å². The number of fused-ring (bicyclic) bond motifs is 1. The molecule has 2 aromatic rings. The van der Waals surface area contributed by atoms with Gasteiger partial charge in [-0.05, 0) is 23.8 Å². The van der Waals surface area contributed by atoms with Crippen LogP contribution in [0.1, 0.15) is 26.3 Å². The van der Waals surface area contributed by atoms with Gasteiger partial charge in [-0.1, -0.05) is 36.4 Å². The lowest BCUT2D eigenvalue weighted by Gasteiger charge is -2.49. The van der Waals surface area contributed by atoms with Gasteiger partial charge in [0.15, 0.2) is 23.7 Å². The zero-order valence-electron chi connectivity index (χ0n) is 19.1. The molecule has 4 aliphatic rings. The Labute approximate surface area is 205 Å². The molecule has 0 aliphatic carbocycles. The maximum atomic E-state index is 13.0. The summed E-state index contributed by atoms with van der Waals surface area (Å²) in [6.07, 6.45) is -1.40. The highest BCUT2D eigenvalue weighted by Crippen LogP contribution is 2.46. The van der Waals surface area contributed by atoms with Gasteiger partial charge < -0.3 is 41.5 Å². The third kappa shape index (κ3) is 3.01. The van der Waals surface area contributed by atoms with Gasteiger partial charge in [-0.3, -0.25) is 4.79 Å². The number of hydrogen-bond donors (Lipinski definition) is 5. The molecule has 7 N–H and O–H groups in total. The van der Waals surface area contributed by atoms with E-state index in [0.29, 0.717) is 12.1 Å². The summed E-state index contributed by atoms with van der Waals surface area (Å²) >= 11 is 0. The Balaban J connectivity index is 1.31. The van der Waals surface area contributed by atoms with Crippen molar-refractivity contribution in [3.8, 4) is 0 Å². The van der Waals surface area contributed by atoms with Crippen LogP contribution in [0.5, 0.6) is 0 Å². The monoisotopic (exact) mass is 491 g/mol. The van der Waals surface area contributed by atoms with Gasteiger partial charge >= 0.3 is 5.97 Å². The number of nitrogens with zero attached hydrogens (tertiary/aromatic N) is 4. The first-order valence-electron chi connectivity index (χ1n) is 11.5. The molecule has 2 aromatic carbocycles. The molecule has 186 valence electrons. The molecule has 1 fully saturated rings. The molecule has 1 saturated heterocycles. The first-order chi connectivity index (χ1) is 17.2. The second-order valence-corrected chi connectivity index (χ2v) is 9.34. The van der Waals surface area contributed by atoms with E-state index in [1.54, 1.807) is 47.4 Å². The normalized spacial score (nSPS) is 29.6. The average Bonchev–Trinajstić information content (AvgIpc) is 3.45. The molecule has 36 heavy (non-hydrogen) atoms. The molecular formula is C24H25N7O5. The molecule has 0 radical (unpaired) electrons. The number of amides is 1. The van der Waals surface area contributed by atoms with Gasteiger partial charge in [0.2, 0.25) is 5.79 Å². The Morgan fingerprint density at radius 1 is 1.11 bits per heavy atom. The highest BCUT2D eigenvalue weighted by molar-refractivity contribution is 5.98. The molecule has 4 heterocycles. The topological polar surface area (TPSA) is 179 Å². The minimum atomic E-state index is -2.65. The number of nitrogens with one attached hydrogen (secondary N) is 1. The number of rotatable bonds is 4. The van der Waals surface area contributed by atoms with E-state index >= 15 is 0 Å². The van der Waals surface area contributed by atoms with Gasteiger partial charge in [0, 0.05) is 18.7 Å². The van der Waals surface area contributed by atoms with Crippen LogP contribution in [0.15, 0.2) is 64.6 Å². The lowest BCUT2D eigenvalue weighted by molar-refractivity contribution is -0.256. The molecule has 12 heteroatoms. The van der Waals surface area contributed by atoms with E-state index in [-0.39, 0.29) is 36.5 Å². The molecule has 4 atom stereocenters. The van der Waals surface area contributed by atoms with E-state index in [0.717, 1.165) is 5.56 Å². The van der Waals surface area contributed by atoms with E-state index in [2.05, 4.69) is 15.3 Å². The summed E-state index contributed by atoms with van der Waals surface area (Å²) in [5, 5.41) is 25.8. The van der Waals surface area contributed by atoms with Gasteiger partial charge in [0.1, 0.15) is 6.04 Å². The Kier molecular flexibility index (Phi) is 4.75. The fourth-order valence-corrected chi connectivity index (χ4v) is 5.63. The number of benzene rings is 2. The molecule has 4 aliphatic heterocycles. The summed E-state index contributed by atoms with van der Waals surface area (Å²) in [7, 11) is 0. The van der Waals surface area contributed by atoms with Gasteiger partial charge in [0.05, 0.1) is 18.2 Å². The standard InChI is InChI=1S/C24H25N7O5/c25-21-28-18-16(11-30-10-14-8-4-5-9-15(14)19(30)32)27-22(26)31-12-17(24(34,35)23(18,31)29-21)36-20(33)13-6-2-1-3-7-13/h1-9,16-18,34-35H,10-12H2,(H2,26,27)(H3,25,28,29)/t16?,17-,18?,23?/m0/s1. The summed E-state index contributed by atoms with van der Waals surface area (Å²) in [4.78, 5) is 37.7. The quantitative estimate of drug-likeness (QED) is 0.252. The molecule has 3 unspecified atom stereocenters. The summed E-state index contributed by atoms with van der Waals surface area (Å²) in [6, 6.07) is 13.9. The lowest BCUT2D eigenvalue weighted by Crippen LogP contribution is -2.77. The van der Waals surface area contributed by atoms with Gasteiger partial charge in [-0.2, -0.15) is 0 Å². The predicted molar refractivity (Wildman–Crippen MR) is 127 cm³/mol. The second-order valence-electron chi connectivity index (χ2n) is 9.34. The van der Waals surface area contributed by atoms with Crippen molar-refractivity contribution in [1.29, 1.82) is 0 Å². The van der Waals surface area contributed by atoms with Crippen LogP contribution in [-0.2, 0) is 11.3 Å². The lowest BCUT2D eigenvalue weighted by atomic mass is 9.85. The van der Waals surface area contributed by atoms with Crippen molar-refractivity contribution in [1.82, 2.24) is 15.1 Å². The molecule has 6 rings (SSSR count). The van der Waals surface area contributed by atoms with Crippen LogP contribution >= 0.6 is 0 Å². The van der Waals surface area contributed by atoms with Crippen molar-refractivity contribution >= 4 is 23.8 Å². The molecule has 0 aromatic heterocycles. The van der Waals surface area contributed by atoms with E-state index in [1.165, 1.54) is 4.90 Å². The summed E-state index contributed by atoms with van der Waals surface area (Å²) in [6.45, 7) is 0.350. The van der Waals surface area contributed by atoms with E-state index in [4.69, 9.17) is 16.2 Å². The SMILES string of the molecule is NC1=NC2C(CN3Cc4ccccc4C3=O)N=C(N)N3C[C@H](OC(=O)c4ccccc4)C(O)(O)C23N1. The number of carbonyl (C=O) groups is 2. The Morgan fingerprint density at radius 2 is 1.83 bits per heavy atom. The van der Waals surface area contributed by atoms with Gasteiger partial charge in [-0.25, -0.2) is 14.8 Å². The molecule has 12 nitrogen and oxygen atoms in total. The zero-order chi connectivity index (χ0) is 25.2. The smallest absolute Gasteiger partial charge is 0.338 e. The third-order valence-corrected chi connectivity index (χ3v) is 7.31. The largest absolute Gasteiger partial charge is 0.451 e. The molecule has 1 spiro atoms. The maximum Gasteiger partial charge on any atom is 0.338 e. The van der Waals surface area contributed by atoms with Crippen molar-refractivity contribution in [2.75, 3.05) is 13.1 Å².